The highest BCUT2D eigenvalue weighted by molar-refractivity contribution is 5.56. The van der Waals surface area contributed by atoms with E-state index in [-0.39, 0.29) is 0 Å². The molecule has 1 aromatic heterocycles. The molecule has 0 saturated carbocycles. The number of rotatable bonds is 2. The van der Waals surface area contributed by atoms with E-state index in [2.05, 4.69) is 16.9 Å². The van der Waals surface area contributed by atoms with Crippen LogP contribution in [0, 0.1) is 5.92 Å². The summed E-state index contributed by atoms with van der Waals surface area (Å²) in [5.74, 6) is 1.19. The molecule has 0 spiro atoms. The molecule has 116 valence electrons. The van der Waals surface area contributed by atoms with Crippen molar-refractivity contribution < 1.29 is 13.2 Å². The zero-order chi connectivity index (χ0) is 15.7. The summed E-state index contributed by atoms with van der Waals surface area (Å²) in [5.41, 5.74) is 2.18. The fourth-order valence-electron chi connectivity index (χ4n) is 2.88. The maximum atomic E-state index is 12.6. The minimum Gasteiger partial charge on any atom is -0.236 e. The van der Waals surface area contributed by atoms with Crippen molar-refractivity contribution in [1.29, 1.82) is 0 Å². The first-order valence-corrected chi connectivity index (χ1v) is 7.49. The Morgan fingerprint density at radius 2 is 1.91 bits per heavy atom. The maximum absolute atomic E-state index is 12.6. The van der Waals surface area contributed by atoms with Crippen molar-refractivity contribution >= 4 is 0 Å². The summed E-state index contributed by atoms with van der Waals surface area (Å²) in [6.07, 6.45) is 1.71. The number of benzene rings is 1. The van der Waals surface area contributed by atoms with Gasteiger partial charge in [-0.15, -0.1) is 0 Å². The normalized spacial score (nSPS) is 18.1. The summed E-state index contributed by atoms with van der Waals surface area (Å²) in [5, 5.41) is 0. The first kappa shape index (κ1) is 15.0. The Balaban J connectivity index is 1.87. The molecule has 1 aliphatic rings. The van der Waals surface area contributed by atoms with Crippen LogP contribution in [0.1, 0.15) is 36.6 Å². The van der Waals surface area contributed by atoms with Crippen molar-refractivity contribution in [1.82, 2.24) is 9.97 Å². The van der Waals surface area contributed by atoms with Gasteiger partial charge in [0.15, 0.2) is 5.82 Å². The van der Waals surface area contributed by atoms with Crippen LogP contribution in [0.3, 0.4) is 0 Å². The van der Waals surface area contributed by atoms with Gasteiger partial charge in [0, 0.05) is 17.5 Å². The van der Waals surface area contributed by atoms with Gasteiger partial charge in [-0.2, -0.15) is 13.2 Å². The lowest BCUT2D eigenvalue weighted by Gasteiger charge is -2.22. The summed E-state index contributed by atoms with van der Waals surface area (Å²) in [7, 11) is 0. The molecular weight excluding hydrogens is 289 g/mol. The molecule has 2 nitrogen and oxygen atoms in total. The number of alkyl halides is 3. The van der Waals surface area contributed by atoms with Gasteiger partial charge in [-0.1, -0.05) is 25.5 Å². The van der Waals surface area contributed by atoms with Gasteiger partial charge in [0.05, 0.1) is 5.56 Å². The summed E-state index contributed by atoms with van der Waals surface area (Å²) in [6, 6.07) is 5.01. The van der Waals surface area contributed by atoms with Crippen molar-refractivity contribution in [3.8, 4) is 11.4 Å². The second-order valence-electron chi connectivity index (χ2n) is 5.76. The van der Waals surface area contributed by atoms with Crippen LogP contribution in [-0.4, -0.2) is 9.97 Å². The Labute approximate surface area is 127 Å². The highest BCUT2D eigenvalue weighted by Crippen LogP contribution is 2.31. The molecule has 2 aromatic rings. The van der Waals surface area contributed by atoms with E-state index in [9.17, 15) is 13.2 Å². The Morgan fingerprint density at radius 3 is 2.55 bits per heavy atom. The molecule has 1 unspecified atom stereocenters. The van der Waals surface area contributed by atoms with Crippen LogP contribution < -0.4 is 0 Å². The quantitative estimate of drug-likeness (QED) is 0.805. The lowest BCUT2D eigenvalue weighted by atomic mass is 9.86. The third-order valence-corrected chi connectivity index (χ3v) is 4.30. The van der Waals surface area contributed by atoms with Crippen LogP contribution in [0.25, 0.3) is 11.4 Å². The SMILES string of the molecule is CCC1CCc2nc(-c3ccc(C(F)(F)F)cc3)ncc2C1. The molecule has 1 aliphatic carbocycles. The molecule has 0 radical (unpaired) electrons. The molecular formula is C17H17F3N2. The first-order chi connectivity index (χ1) is 10.5. The molecule has 0 amide bonds. The molecule has 0 bridgehead atoms. The Morgan fingerprint density at radius 1 is 1.18 bits per heavy atom. The fourth-order valence-corrected chi connectivity index (χ4v) is 2.88. The number of fused-ring (bicyclic) bond motifs is 1. The lowest BCUT2D eigenvalue weighted by Crippen LogP contribution is -2.15. The largest absolute Gasteiger partial charge is 0.416 e. The van der Waals surface area contributed by atoms with Gasteiger partial charge >= 0.3 is 6.18 Å². The first-order valence-electron chi connectivity index (χ1n) is 7.49. The molecule has 0 fully saturated rings. The van der Waals surface area contributed by atoms with Gasteiger partial charge in [0.25, 0.3) is 0 Å². The monoisotopic (exact) mass is 306 g/mol. The predicted octanol–water partition coefficient (Wildman–Crippen LogP) is 4.68. The Bertz CT molecular complexity index is 663. The van der Waals surface area contributed by atoms with Gasteiger partial charge < -0.3 is 0 Å². The van der Waals surface area contributed by atoms with Gasteiger partial charge in [0.1, 0.15) is 0 Å². The number of nitrogens with zero attached hydrogens (tertiary/aromatic N) is 2. The van der Waals surface area contributed by atoms with E-state index in [0.29, 0.717) is 17.3 Å². The molecule has 0 aliphatic heterocycles. The van der Waals surface area contributed by atoms with Gasteiger partial charge in [-0.25, -0.2) is 9.97 Å². The van der Waals surface area contributed by atoms with Crippen molar-refractivity contribution in [2.24, 2.45) is 5.92 Å². The second-order valence-corrected chi connectivity index (χ2v) is 5.76. The average molecular weight is 306 g/mol. The van der Waals surface area contributed by atoms with Crippen LogP contribution in [0.4, 0.5) is 13.2 Å². The molecule has 1 aromatic carbocycles. The Kier molecular flexibility index (Phi) is 3.89. The van der Waals surface area contributed by atoms with Crippen LogP contribution in [0.5, 0.6) is 0 Å². The van der Waals surface area contributed by atoms with E-state index in [1.165, 1.54) is 17.7 Å². The highest BCUT2D eigenvalue weighted by Gasteiger charge is 2.30. The predicted molar refractivity (Wildman–Crippen MR) is 78.3 cm³/mol. The average Bonchev–Trinajstić information content (AvgIpc) is 2.53. The fraction of sp³-hybridized carbons (Fsp3) is 0.412. The second kappa shape index (κ2) is 5.71. The third-order valence-electron chi connectivity index (χ3n) is 4.30. The summed E-state index contributed by atoms with van der Waals surface area (Å²) in [6.45, 7) is 2.19. The molecule has 3 rings (SSSR count). The molecule has 5 heteroatoms. The zero-order valence-electron chi connectivity index (χ0n) is 12.3. The molecule has 22 heavy (non-hydrogen) atoms. The topological polar surface area (TPSA) is 25.8 Å². The summed E-state index contributed by atoms with van der Waals surface area (Å²) < 4.78 is 37.8. The summed E-state index contributed by atoms with van der Waals surface area (Å²) >= 11 is 0. The van der Waals surface area contributed by atoms with Crippen LogP contribution in [0.15, 0.2) is 30.5 Å². The van der Waals surface area contributed by atoms with E-state index in [1.807, 2.05) is 6.20 Å². The van der Waals surface area contributed by atoms with Crippen LogP contribution in [0.2, 0.25) is 0 Å². The van der Waals surface area contributed by atoms with Gasteiger partial charge in [0.2, 0.25) is 0 Å². The van der Waals surface area contributed by atoms with E-state index in [0.717, 1.165) is 43.5 Å². The molecule has 1 heterocycles. The number of halogens is 3. The lowest BCUT2D eigenvalue weighted by molar-refractivity contribution is -0.137. The van der Waals surface area contributed by atoms with E-state index >= 15 is 0 Å². The molecule has 1 atom stereocenters. The van der Waals surface area contributed by atoms with Crippen molar-refractivity contribution in [2.75, 3.05) is 0 Å². The minimum absolute atomic E-state index is 0.502. The van der Waals surface area contributed by atoms with Crippen molar-refractivity contribution in [3.05, 3.63) is 47.3 Å². The third kappa shape index (κ3) is 2.98. The van der Waals surface area contributed by atoms with E-state index in [4.69, 9.17) is 0 Å². The highest BCUT2D eigenvalue weighted by atomic mass is 19.4. The molecule has 0 saturated heterocycles. The number of aromatic nitrogens is 2. The smallest absolute Gasteiger partial charge is 0.236 e. The van der Waals surface area contributed by atoms with E-state index in [1.54, 1.807) is 0 Å². The number of aryl methyl sites for hydroxylation is 1. The van der Waals surface area contributed by atoms with Crippen molar-refractivity contribution in [2.45, 2.75) is 38.8 Å². The van der Waals surface area contributed by atoms with Crippen LogP contribution in [-0.2, 0) is 19.0 Å². The van der Waals surface area contributed by atoms with E-state index < -0.39 is 11.7 Å². The minimum atomic E-state index is -4.32. The van der Waals surface area contributed by atoms with Gasteiger partial charge in [-0.3, -0.25) is 0 Å². The number of hydrogen-bond donors (Lipinski definition) is 0. The van der Waals surface area contributed by atoms with Gasteiger partial charge in [-0.05, 0) is 42.9 Å². The number of hydrogen-bond acceptors (Lipinski definition) is 2. The standard InChI is InChI=1S/C17H17F3N2/c1-2-11-3-8-15-13(9-11)10-21-16(22-15)12-4-6-14(7-5-12)17(18,19)20/h4-7,10-11H,2-3,8-9H2,1H3. The molecule has 0 N–H and O–H groups in total. The van der Waals surface area contributed by atoms with Crippen LogP contribution >= 0.6 is 0 Å². The Hall–Kier alpha value is -1.91. The van der Waals surface area contributed by atoms with Crippen molar-refractivity contribution in [3.63, 3.8) is 0 Å². The summed E-state index contributed by atoms with van der Waals surface area (Å²) in [4.78, 5) is 8.88. The zero-order valence-corrected chi connectivity index (χ0v) is 12.3. The maximum Gasteiger partial charge on any atom is 0.416 e.